The average molecular weight is 481 g/mol. The zero-order chi connectivity index (χ0) is 22.6. The summed E-state index contributed by atoms with van der Waals surface area (Å²) in [5.74, 6) is 1.48. The van der Waals surface area contributed by atoms with Gasteiger partial charge in [-0.15, -0.1) is 0 Å². The number of nitrogens with zero attached hydrogens (tertiary/aromatic N) is 1. The van der Waals surface area contributed by atoms with Gasteiger partial charge in [-0.05, 0) is 43.2 Å². The summed E-state index contributed by atoms with van der Waals surface area (Å²) >= 11 is 6.20. The van der Waals surface area contributed by atoms with E-state index in [4.69, 9.17) is 25.8 Å². The van der Waals surface area contributed by atoms with Gasteiger partial charge in [-0.2, -0.15) is 4.31 Å². The van der Waals surface area contributed by atoms with Crippen LogP contribution < -0.4 is 19.5 Å². The van der Waals surface area contributed by atoms with Crippen molar-refractivity contribution in [3.8, 4) is 17.2 Å². The Labute approximate surface area is 192 Å². The van der Waals surface area contributed by atoms with Crippen molar-refractivity contribution in [2.45, 2.75) is 30.6 Å². The number of carbonyl (C=O) groups excluding carboxylic acids is 1. The molecule has 32 heavy (non-hydrogen) atoms. The van der Waals surface area contributed by atoms with Gasteiger partial charge in [-0.1, -0.05) is 24.4 Å². The number of carbonyl (C=O) groups is 1. The number of benzene rings is 2. The van der Waals surface area contributed by atoms with Crippen molar-refractivity contribution in [3.05, 3.63) is 47.0 Å². The molecule has 2 heterocycles. The summed E-state index contributed by atoms with van der Waals surface area (Å²) in [6.45, 7) is 1.59. The van der Waals surface area contributed by atoms with Crippen molar-refractivity contribution in [1.82, 2.24) is 9.62 Å². The van der Waals surface area contributed by atoms with Gasteiger partial charge in [-0.3, -0.25) is 4.79 Å². The highest BCUT2D eigenvalue weighted by Gasteiger charge is 2.28. The minimum absolute atomic E-state index is 0.0367. The van der Waals surface area contributed by atoms with Gasteiger partial charge in [0, 0.05) is 24.7 Å². The number of ether oxygens (including phenoxy) is 3. The van der Waals surface area contributed by atoms with E-state index in [1.807, 2.05) is 0 Å². The molecule has 0 radical (unpaired) electrons. The zero-order valence-corrected chi connectivity index (χ0v) is 19.1. The lowest BCUT2D eigenvalue weighted by molar-refractivity contribution is 0.0946. The fourth-order valence-corrected chi connectivity index (χ4v) is 5.68. The highest BCUT2D eigenvalue weighted by atomic mass is 35.5. The zero-order valence-electron chi connectivity index (χ0n) is 17.5. The second kappa shape index (κ2) is 9.97. The Morgan fingerprint density at radius 2 is 1.78 bits per heavy atom. The Kier molecular flexibility index (Phi) is 7.07. The van der Waals surface area contributed by atoms with Crippen molar-refractivity contribution in [3.63, 3.8) is 0 Å². The number of rotatable bonds is 7. The van der Waals surface area contributed by atoms with Gasteiger partial charge < -0.3 is 19.5 Å². The Morgan fingerprint density at radius 3 is 2.56 bits per heavy atom. The molecular formula is C22H25ClN2O6S. The van der Waals surface area contributed by atoms with Gasteiger partial charge in [0.15, 0.2) is 11.5 Å². The maximum Gasteiger partial charge on any atom is 0.251 e. The van der Waals surface area contributed by atoms with E-state index in [-0.39, 0.29) is 35.4 Å². The lowest BCUT2D eigenvalue weighted by Gasteiger charge is -2.21. The Morgan fingerprint density at radius 1 is 1.03 bits per heavy atom. The minimum Gasteiger partial charge on any atom is -0.492 e. The summed E-state index contributed by atoms with van der Waals surface area (Å²) < 4.78 is 43.9. The van der Waals surface area contributed by atoms with E-state index < -0.39 is 15.9 Å². The van der Waals surface area contributed by atoms with Crippen molar-refractivity contribution in [1.29, 1.82) is 0 Å². The molecule has 0 bridgehead atoms. The molecule has 2 aromatic carbocycles. The van der Waals surface area contributed by atoms with E-state index in [0.717, 1.165) is 25.7 Å². The van der Waals surface area contributed by atoms with E-state index in [1.165, 1.54) is 22.5 Å². The average Bonchev–Trinajstić information content (AvgIpc) is 3.07. The summed E-state index contributed by atoms with van der Waals surface area (Å²) in [6, 6.07) is 9.55. The van der Waals surface area contributed by atoms with Gasteiger partial charge in [0.2, 0.25) is 16.8 Å². The molecule has 0 saturated carbocycles. The second-order valence-electron chi connectivity index (χ2n) is 7.58. The molecule has 0 atom stereocenters. The molecule has 2 aromatic rings. The molecule has 2 aliphatic heterocycles. The molecule has 8 nitrogen and oxygen atoms in total. The maximum atomic E-state index is 13.1. The number of hydrogen-bond acceptors (Lipinski definition) is 6. The summed E-state index contributed by atoms with van der Waals surface area (Å²) in [5.41, 5.74) is 0.228. The second-order valence-corrected chi connectivity index (χ2v) is 9.90. The van der Waals surface area contributed by atoms with Crippen LogP contribution in [0.1, 0.15) is 36.0 Å². The van der Waals surface area contributed by atoms with Crippen molar-refractivity contribution in [2.75, 3.05) is 33.0 Å². The first kappa shape index (κ1) is 22.7. The lowest BCUT2D eigenvalue weighted by Crippen LogP contribution is -2.32. The molecule has 1 fully saturated rings. The van der Waals surface area contributed by atoms with Gasteiger partial charge in [0.05, 0.1) is 11.6 Å². The first-order chi connectivity index (χ1) is 15.4. The van der Waals surface area contributed by atoms with Crippen molar-refractivity contribution >= 4 is 27.5 Å². The first-order valence-corrected chi connectivity index (χ1v) is 12.4. The molecular weight excluding hydrogens is 456 g/mol. The van der Waals surface area contributed by atoms with Crippen LogP contribution in [0.25, 0.3) is 0 Å². The molecule has 10 heteroatoms. The van der Waals surface area contributed by atoms with E-state index in [2.05, 4.69) is 5.32 Å². The normalized spacial score (nSPS) is 16.4. The minimum atomic E-state index is -3.76. The molecule has 2 aliphatic rings. The van der Waals surface area contributed by atoms with Crippen LogP contribution in [0.2, 0.25) is 5.02 Å². The molecule has 0 aromatic heterocycles. The highest BCUT2D eigenvalue weighted by Crippen LogP contribution is 2.35. The van der Waals surface area contributed by atoms with Crippen molar-refractivity contribution in [2.24, 2.45) is 0 Å². The van der Waals surface area contributed by atoms with Crippen LogP contribution >= 0.6 is 11.6 Å². The summed E-state index contributed by atoms with van der Waals surface area (Å²) in [6.07, 6.45) is 3.66. The fraction of sp³-hybridized carbons (Fsp3) is 0.409. The highest BCUT2D eigenvalue weighted by molar-refractivity contribution is 7.89. The Hall–Kier alpha value is -2.49. The molecule has 0 unspecified atom stereocenters. The van der Waals surface area contributed by atoms with Crippen LogP contribution in [0.5, 0.6) is 17.2 Å². The molecule has 4 rings (SSSR count). The molecule has 1 amide bonds. The van der Waals surface area contributed by atoms with Crippen molar-refractivity contribution < 1.29 is 27.4 Å². The lowest BCUT2D eigenvalue weighted by atomic mass is 10.2. The van der Waals surface area contributed by atoms with Crippen LogP contribution in [0.15, 0.2) is 41.3 Å². The molecule has 1 N–H and O–H groups in total. The first-order valence-electron chi connectivity index (χ1n) is 10.6. The van der Waals surface area contributed by atoms with Crippen LogP contribution in [-0.2, 0) is 10.0 Å². The van der Waals surface area contributed by atoms with E-state index in [0.29, 0.717) is 30.3 Å². The maximum absolute atomic E-state index is 13.1. The van der Waals surface area contributed by atoms with Crippen LogP contribution in [0, 0.1) is 0 Å². The van der Waals surface area contributed by atoms with Gasteiger partial charge in [-0.25, -0.2) is 8.42 Å². The smallest absolute Gasteiger partial charge is 0.251 e. The van der Waals surface area contributed by atoms with E-state index >= 15 is 0 Å². The Balaban J connectivity index is 1.36. The fourth-order valence-electron chi connectivity index (χ4n) is 3.67. The van der Waals surface area contributed by atoms with Crippen LogP contribution in [0.4, 0.5) is 0 Å². The topological polar surface area (TPSA) is 94.2 Å². The molecule has 0 aliphatic carbocycles. The third-order valence-electron chi connectivity index (χ3n) is 5.38. The van der Waals surface area contributed by atoms with Gasteiger partial charge in [0.1, 0.15) is 17.3 Å². The summed E-state index contributed by atoms with van der Waals surface area (Å²) in [7, 11) is -3.76. The number of fused-ring (bicyclic) bond motifs is 1. The number of nitrogens with one attached hydrogen (secondary N) is 1. The Bertz CT molecular complexity index is 1080. The largest absolute Gasteiger partial charge is 0.492 e. The molecule has 0 spiro atoms. The summed E-state index contributed by atoms with van der Waals surface area (Å²) in [4.78, 5) is 12.5. The van der Waals surface area contributed by atoms with Gasteiger partial charge in [0.25, 0.3) is 5.91 Å². The third kappa shape index (κ3) is 5.11. The predicted octanol–water partition coefficient (Wildman–Crippen LogP) is 3.44. The van der Waals surface area contributed by atoms with E-state index in [9.17, 15) is 13.2 Å². The number of amides is 1. The summed E-state index contributed by atoms with van der Waals surface area (Å²) in [5, 5.41) is 2.85. The number of sulfonamides is 1. The quantitative estimate of drug-likeness (QED) is 0.610. The SMILES string of the molecule is O=C(NCCOc1ccc2c(c1)OCO2)c1ccc(Cl)c(S(=O)(=O)N2CCCCCC2)c1. The molecule has 172 valence electrons. The number of halogens is 1. The predicted molar refractivity (Wildman–Crippen MR) is 119 cm³/mol. The molecule has 1 saturated heterocycles. The monoisotopic (exact) mass is 480 g/mol. The third-order valence-corrected chi connectivity index (χ3v) is 7.76. The van der Waals surface area contributed by atoms with Crippen LogP contribution in [0.3, 0.4) is 0 Å². The van der Waals surface area contributed by atoms with Gasteiger partial charge >= 0.3 is 0 Å². The number of hydrogen-bond donors (Lipinski definition) is 1. The van der Waals surface area contributed by atoms with E-state index in [1.54, 1.807) is 18.2 Å². The van der Waals surface area contributed by atoms with Crippen LogP contribution in [-0.4, -0.2) is 51.7 Å². The standard InChI is InChI=1S/C22H25ClN2O6S/c23-18-7-5-16(13-21(18)32(27,28)25-10-3-1-2-4-11-25)22(26)24-9-12-29-17-6-8-19-20(14-17)31-15-30-19/h5-8,13-14H,1-4,9-12,15H2,(H,24,26).